The van der Waals surface area contributed by atoms with Gasteiger partial charge in [-0.2, -0.15) is 0 Å². The summed E-state index contributed by atoms with van der Waals surface area (Å²) in [7, 11) is 1.60. The summed E-state index contributed by atoms with van der Waals surface area (Å²) in [5.41, 5.74) is 6.50. The van der Waals surface area contributed by atoms with Gasteiger partial charge in [0.25, 0.3) is 0 Å². The van der Waals surface area contributed by atoms with Crippen LogP contribution in [0.2, 0.25) is 0 Å². The lowest BCUT2D eigenvalue weighted by Crippen LogP contribution is -2.17. The van der Waals surface area contributed by atoms with E-state index < -0.39 is 6.10 Å². The van der Waals surface area contributed by atoms with Crippen LogP contribution in [0.5, 0.6) is 11.5 Å². The average Bonchev–Trinajstić information content (AvgIpc) is 2.35. The predicted octanol–water partition coefficient (Wildman–Crippen LogP) is 1.30. The topological polar surface area (TPSA) is 64.7 Å². The molecule has 0 heterocycles. The Kier molecular flexibility index (Phi) is 5.08. The molecule has 90 valence electrons. The van der Waals surface area contributed by atoms with Crippen molar-refractivity contribution in [3.63, 3.8) is 0 Å². The molecule has 0 aliphatic heterocycles. The number of hydrogen-bond donors (Lipinski definition) is 2. The molecule has 1 aromatic carbocycles. The second-order valence-corrected chi connectivity index (χ2v) is 3.55. The van der Waals surface area contributed by atoms with Crippen LogP contribution >= 0.6 is 0 Å². The highest BCUT2D eigenvalue weighted by Crippen LogP contribution is 2.24. The lowest BCUT2D eigenvalue weighted by molar-refractivity contribution is 0.104. The van der Waals surface area contributed by atoms with E-state index in [1.165, 1.54) is 0 Å². The molecule has 0 aliphatic rings. The highest BCUT2D eigenvalue weighted by atomic mass is 16.5. The molecular weight excluding hydrogens is 206 g/mol. The first-order chi connectivity index (χ1) is 7.71. The Morgan fingerprint density at radius 2 is 2.19 bits per heavy atom. The minimum Gasteiger partial charge on any atom is -0.497 e. The third-order valence-corrected chi connectivity index (χ3v) is 2.40. The predicted molar refractivity (Wildman–Crippen MR) is 62.7 cm³/mol. The molecule has 0 aliphatic carbocycles. The van der Waals surface area contributed by atoms with Crippen LogP contribution < -0.4 is 15.2 Å². The smallest absolute Gasteiger partial charge is 0.127 e. The lowest BCUT2D eigenvalue weighted by Gasteiger charge is -2.14. The first-order valence-electron chi connectivity index (χ1n) is 5.39. The molecule has 4 nitrogen and oxygen atoms in total. The van der Waals surface area contributed by atoms with Gasteiger partial charge in [-0.1, -0.05) is 13.0 Å². The van der Waals surface area contributed by atoms with Crippen LogP contribution in [-0.4, -0.2) is 24.9 Å². The maximum Gasteiger partial charge on any atom is 0.127 e. The van der Waals surface area contributed by atoms with Gasteiger partial charge in [-0.15, -0.1) is 0 Å². The molecule has 4 heteroatoms. The van der Waals surface area contributed by atoms with E-state index in [0.717, 1.165) is 11.3 Å². The molecule has 3 N–H and O–H groups in total. The summed E-state index contributed by atoms with van der Waals surface area (Å²) in [4.78, 5) is 0. The number of ether oxygens (including phenoxy) is 2. The Labute approximate surface area is 96.0 Å². The molecule has 1 aromatic rings. The molecule has 0 saturated heterocycles. The number of hydrogen-bond acceptors (Lipinski definition) is 4. The zero-order chi connectivity index (χ0) is 12.0. The van der Waals surface area contributed by atoms with Crippen molar-refractivity contribution in [3.05, 3.63) is 23.8 Å². The van der Waals surface area contributed by atoms with Gasteiger partial charge in [-0.3, -0.25) is 0 Å². The van der Waals surface area contributed by atoms with Crippen LogP contribution in [0.15, 0.2) is 18.2 Å². The summed E-state index contributed by atoms with van der Waals surface area (Å²) >= 11 is 0. The third kappa shape index (κ3) is 3.40. The van der Waals surface area contributed by atoms with Crippen molar-refractivity contribution >= 4 is 0 Å². The van der Waals surface area contributed by atoms with E-state index >= 15 is 0 Å². The zero-order valence-electron chi connectivity index (χ0n) is 9.77. The lowest BCUT2D eigenvalue weighted by atomic mass is 10.2. The number of methoxy groups -OCH3 is 1. The highest BCUT2D eigenvalue weighted by Gasteiger charge is 2.07. The van der Waals surface area contributed by atoms with Crippen molar-refractivity contribution in [2.75, 3.05) is 13.7 Å². The number of aliphatic hydroxyl groups is 1. The summed E-state index contributed by atoms with van der Waals surface area (Å²) in [5, 5.41) is 9.42. The molecule has 1 unspecified atom stereocenters. The molecule has 0 amide bonds. The van der Waals surface area contributed by atoms with Crippen molar-refractivity contribution in [1.82, 2.24) is 0 Å². The van der Waals surface area contributed by atoms with Crippen LogP contribution in [0, 0.1) is 0 Å². The Morgan fingerprint density at radius 3 is 2.75 bits per heavy atom. The fraction of sp³-hybridized carbons (Fsp3) is 0.500. The van der Waals surface area contributed by atoms with Crippen molar-refractivity contribution in [2.24, 2.45) is 5.73 Å². The Morgan fingerprint density at radius 1 is 1.44 bits per heavy atom. The third-order valence-electron chi connectivity index (χ3n) is 2.40. The van der Waals surface area contributed by atoms with Crippen molar-refractivity contribution in [1.29, 1.82) is 0 Å². The van der Waals surface area contributed by atoms with Crippen LogP contribution in [0.1, 0.15) is 18.9 Å². The average molecular weight is 225 g/mol. The number of benzene rings is 1. The SMILES string of the molecule is CCC(O)COc1cc(OC)ccc1CN. The van der Waals surface area contributed by atoms with Gasteiger partial charge in [0.1, 0.15) is 18.1 Å². The van der Waals surface area contributed by atoms with Gasteiger partial charge in [0, 0.05) is 18.2 Å². The first kappa shape index (κ1) is 12.8. The standard InChI is InChI=1S/C12H19NO3/c1-3-10(14)8-16-12-6-11(15-2)5-4-9(12)7-13/h4-6,10,14H,3,7-8,13H2,1-2H3. The van der Waals surface area contributed by atoms with Gasteiger partial charge >= 0.3 is 0 Å². The summed E-state index contributed by atoms with van der Waals surface area (Å²) in [5.74, 6) is 1.40. The molecule has 0 bridgehead atoms. The molecule has 0 fully saturated rings. The van der Waals surface area contributed by atoms with Crippen LogP contribution in [0.4, 0.5) is 0 Å². The monoisotopic (exact) mass is 225 g/mol. The van der Waals surface area contributed by atoms with E-state index in [2.05, 4.69) is 0 Å². The van der Waals surface area contributed by atoms with Crippen molar-refractivity contribution in [2.45, 2.75) is 26.0 Å². The van der Waals surface area contributed by atoms with E-state index in [1.54, 1.807) is 13.2 Å². The molecule has 1 atom stereocenters. The Hall–Kier alpha value is -1.26. The second kappa shape index (κ2) is 6.35. The minimum absolute atomic E-state index is 0.274. The van der Waals surface area contributed by atoms with Gasteiger partial charge in [0.2, 0.25) is 0 Å². The van der Waals surface area contributed by atoms with Crippen LogP contribution in [-0.2, 0) is 6.54 Å². The maximum atomic E-state index is 9.42. The number of rotatable bonds is 6. The van der Waals surface area contributed by atoms with Crippen molar-refractivity contribution in [3.8, 4) is 11.5 Å². The molecule has 1 rings (SSSR count). The summed E-state index contributed by atoms with van der Waals surface area (Å²) in [6.45, 7) is 2.58. The summed E-state index contributed by atoms with van der Waals surface area (Å²) < 4.78 is 10.6. The second-order valence-electron chi connectivity index (χ2n) is 3.55. The largest absolute Gasteiger partial charge is 0.497 e. The minimum atomic E-state index is -0.447. The molecule has 0 saturated carbocycles. The zero-order valence-corrected chi connectivity index (χ0v) is 9.77. The van der Waals surface area contributed by atoms with Crippen LogP contribution in [0.3, 0.4) is 0 Å². The fourth-order valence-corrected chi connectivity index (χ4v) is 1.27. The molecule has 0 radical (unpaired) electrons. The molecule has 16 heavy (non-hydrogen) atoms. The maximum absolute atomic E-state index is 9.42. The van der Waals surface area contributed by atoms with Gasteiger partial charge in [0.05, 0.1) is 13.2 Å². The van der Waals surface area contributed by atoms with Gasteiger partial charge in [-0.25, -0.2) is 0 Å². The van der Waals surface area contributed by atoms with Gasteiger partial charge in [0.15, 0.2) is 0 Å². The number of aliphatic hydroxyl groups excluding tert-OH is 1. The van der Waals surface area contributed by atoms with E-state index in [-0.39, 0.29) is 6.61 Å². The summed E-state index contributed by atoms with van der Waals surface area (Å²) in [6, 6.07) is 5.49. The van der Waals surface area contributed by atoms with E-state index in [0.29, 0.717) is 18.7 Å². The van der Waals surface area contributed by atoms with Gasteiger partial charge in [-0.05, 0) is 12.5 Å². The van der Waals surface area contributed by atoms with Gasteiger partial charge < -0.3 is 20.3 Å². The Balaban J connectivity index is 2.75. The Bertz CT molecular complexity index is 328. The highest BCUT2D eigenvalue weighted by molar-refractivity contribution is 5.40. The molecular formula is C12H19NO3. The van der Waals surface area contributed by atoms with E-state index in [4.69, 9.17) is 15.2 Å². The van der Waals surface area contributed by atoms with E-state index in [9.17, 15) is 5.11 Å². The summed E-state index contributed by atoms with van der Waals surface area (Å²) in [6.07, 6.45) is 0.221. The van der Waals surface area contributed by atoms with E-state index in [1.807, 2.05) is 19.1 Å². The number of nitrogens with two attached hydrogens (primary N) is 1. The fourth-order valence-electron chi connectivity index (χ4n) is 1.27. The molecule has 0 spiro atoms. The van der Waals surface area contributed by atoms with Crippen LogP contribution in [0.25, 0.3) is 0 Å². The molecule has 0 aromatic heterocycles. The van der Waals surface area contributed by atoms with Crippen molar-refractivity contribution < 1.29 is 14.6 Å². The normalized spacial score (nSPS) is 12.2. The quantitative estimate of drug-likeness (QED) is 0.766. The first-order valence-corrected chi connectivity index (χ1v) is 5.39.